The number of methoxy groups -OCH3 is 1. The second-order valence-corrected chi connectivity index (χ2v) is 12.3. The van der Waals surface area contributed by atoms with E-state index in [9.17, 15) is 19.5 Å². The van der Waals surface area contributed by atoms with Crippen molar-refractivity contribution < 1.29 is 33.7 Å². The van der Waals surface area contributed by atoms with Gasteiger partial charge in [0.15, 0.2) is 0 Å². The Hall–Kier alpha value is -4.15. The van der Waals surface area contributed by atoms with Crippen molar-refractivity contribution in [1.29, 1.82) is 0 Å². The lowest BCUT2D eigenvalue weighted by atomic mass is 9.70. The summed E-state index contributed by atoms with van der Waals surface area (Å²) in [5.74, 6) is -0.868. The fourth-order valence-electron chi connectivity index (χ4n) is 7.58. The molecule has 3 aliphatic heterocycles. The lowest BCUT2D eigenvalue weighted by Gasteiger charge is -2.37. The van der Waals surface area contributed by atoms with E-state index in [4.69, 9.17) is 14.2 Å². The number of hydrogen-bond acceptors (Lipinski definition) is 7. The fraction of sp³-hybridized carbons (Fsp3) is 0.486. The number of hydrogen-bond donors (Lipinski definition) is 1. The van der Waals surface area contributed by atoms with Crippen molar-refractivity contribution in [3.8, 4) is 11.5 Å². The van der Waals surface area contributed by atoms with Crippen LogP contribution in [-0.4, -0.2) is 85.4 Å². The van der Waals surface area contributed by atoms with Crippen LogP contribution in [0.25, 0.3) is 0 Å². The van der Waals surface area contributed by atoms with Gasteiger partial charge in [-0.3, -0.25) is 14.4 Å². The monoisotopic (exact) mass is 645 g/mol. The normalized spacial score (nSPS) is 24.1. The molecular weight excluding hydrogens is 598 g/mol. The summed E-state index contributed by atoms with van der Waals surface area (Å²) in [6.45, 7) is 11.2. The highest BCUT2D eigenvalue weighted by Crippen LogP contribution is 2.59. The largest absolute Gasteiger partial charge is 0.497 e. The van der Waals surface area contributed by atoms with Gasteiger partial charge < -0.3 is 34.0 Å². The number of ether oxygens (including phenoxy) is 3. The number of nitrogens with zero attached hydrogens (tertiary/aromatic N) is 3. The van der Waals surface area contributed by atoms with Gasteiger partial charge in [0.05, 0.1) is 31.7 Å². The number of anilines is 2. The van der Waals surface area contributed by atoms with E-state index in [-0.39, 0.29) is 37.4 Å². The van der Waals surface area contributed by atoms with Crippen LogP contribution in [0.15, 0.2) is 73.8 Å². The van der Waals surface area contributed by atoms with Crippen LogP contribution in [0, 0.1) is 11.8 Å². The van der Waals surface area contributed by atoms with Crippen LogP contribution in [0.4, 0.5) is 11.4 Å². The van der Waals surface area contributed by atoms with Crippen molar-refractivity contribution in [1.82, 2.24) is 4.90 Å². The third-order valence-corrected chi connectivity index (χ3v) is 9.63. The van der Waals surface area contributed by atoms with E-state index >= 15 is 0 Å². The molecule has 1 N–H and O–H groups in total. The van der Waals surface area contributed by atoms with E-state index in [1.54, 1.807) is 46.1 Å². The molecule has 0 saturated carbocycles. The molecule has 10 nitrogen and oxygen atoms in total. The first-order valence-corrected chi connectivity index (χ1v) is 16.7. The Balaban J connectivity index is 1.50. The van der Waals surface area contributed by atoms with Crippen LogP contribution in [0.2, 0.25) is 0 Å². The quantitative estimate of drug-likeness (QED) is 0.195. The summed E-state index contributed by atoms with van der Waals surface area (Å²) in [6.07, 6.45) is 6.89. The average molecular weight is 646 g/mol. The fourth-order valence-corrected chi connectivity index (χ4v) is 7.58. The molecule has 0 radical (unpaired) electrons. The van der Waals surface area contributed by atoms with E-state index in [0.29, 0.717) is 61.7 Å². The standard InChI is InChI=1S/C37H47N3O7/c1-5-22-38(26-14-18-29(19-15-26)46-7-3)34(42)31-30-20-21-37(47-30)32(31)35(43)40(24-10-8-9-11-25-41)33(37)36(44)39(23-6-2)27-12-16-28(45-4)17-13-27/h5-6,12-19,30-33,41H,1-2,7-11,20-25H2,3-4H3/t30-,31+,32-,33?,37?/m0/s1. The number of likely N-dealkylation sites (tertiary alicyclic amines) is 1. The van der Waals surface area contributed by atoms with E-state index in [1.165, 1.54) is 0 Å². The molecule has 5 atom stereocenters. The van der Waals surface area contributed by atoms with Gasteiger partial charge in [-0.1, -0.05) is 25.0 Å². The second-order valence-electron chi connectivity index (χ2n) is 12.3. The summed E-state index contributed by atoms with van der Waals surface area (Å²) in [5.41, 5.74) is 0.193. The van der Waals surface area contributed by atoms with Crippen molar-refractivity contribution in [2.24, 2.45) is 11.8 Å². The average Bonchev–Trinajstić information content (AvgIpc) is 3.73. The zero-order chi connectivity index (χ0) is 33.6. The van der Waals surface area contributed by atoms with Crippen LogP contribution in [-0.2, 0) is 19.1 Å². The minimum atomic E-state index is -1.13. The first kappa shape index (κ1) is 34.2. The van der Waals surface area contributed by atoms with Gasteiger partial charge in [-0.05, 0) is 81.1 Å². The van der Waals surface area contributed by atoms with E-state index in [1.807, 2.05) is 43.3 Å². The molecule has 2 bridgehead atoms. The van der Waals surface area contributed by atoms with Crippen molar-refractivity contribution in [2.75, 3.05) is 49.8 Å². The predicted octanol–water partition coefficient (Wildman–Crippen LogP) is 4.76. The molecule has 3 heterocycles. The van der Waals surface area contributed by atoms with Crippen molar-refractivity contribution in [3.05, 3.63) is 73.8 Å². The van der Waals surface area contributed by atoms with Crippen molar-refractivity contribution >= 4 is 29.1 Å². The molecule has 252 valence electrons. The van der Waals surface area contributed by atoms with E-state index in [2.05, 4.69) is 13.2 Å². The SMILES string of the molecule is C=CCN(C(=O)C1N(CCCCCCO)C(=O)[C@@H]2[C@H](C(=O)N(CC=C)c3ccc(OCC)cc3)[C@@H]3CCC12O3)c1ccc(OC)cc1. The predicted molar refractivity (Wildman–Crippen MR) is 181 cm³/mol. The summed E-state index contributed by atoms with van der Waals surface area (Å²) in [6, 6.07) is 13.6. The molecule has 0 aromatic heterocycles. The topological polar surface area (TPSA) is 109 Å². The first-order chi connectivity index (χ1) is 22.8. The molecule has 10 heteroatoms. The molecule has 1 spiro atoms. The Morgan fingerprint density at radius 1 is 0.957 bits per heavy atom. The number of benzene rings is 2. The highest BCUT2D eigenvalue weighted by atomic mass is 16.5. The minimum Gasteiger partial charge on any atom is -0.497 e. The zero-order valence-corrected chi connectivity index (χ0v) is 27.5. The highest BCUT2D eigenvalue weighted by Gasteiger charge is 2.75. The van der Waals surface area contributed by atoms with E-state index < -0.39 is 29.6 Å². The molecule has 47 heavy (non-hydrogen) atoms. The number of amides is 3. The number of fused-ring (bicyclic) bond motifs is 1. The van der Waals surface area contributed by atoms with Crippen LogP contribution in [0.3, 0.4) is 0 Å². The molecule has 3 fully saturated rings. The second kappa shape index (κ2) is 15.2. The highest BCUT2D eigenvalue weighted by molar-refractivity contribution is 6.06. The minimum absolute atomic E-state index is 0.113. The molecule has 2 aromatic carbocycles. The molecule has 2 aromatic rings. The molecule has 2 unspecified atom stereocenters. The third kappa shape index (κ3) is 6.53. The summed E-state index contributed by atoms with van der Waals surface area (Å²) < 4.78 is 17.7. The lowest BCUT2D eigenvalue weighted by molar-refractivity contribution is -0.140. The number of rotatable bonds is 17. The van der Waals surface area contributed by atoms with Gasteiger partial charge in [-0.25, -0.2) is 0 Å². The van der Waals surface area contributed by atoms with Crippen molar-refractivity contribution in [3.63, 3.8) is 0 Å². The van der Waals surface area contributed by atoms with Crippen molar-refractivity contribution in [2.45, 2.75) is 63.2 Å². The Bertz CT molecular complexity index is 1430. The van der Waals surface area contributed by atoms with Gasteiger partial charge in [0.25, 0.3) is 5.91 Å². The maximum atomic E-state index is 14.7. The maximum absolute atomic E-state index is 14.7. The van der Waals surface area contributed by atoms with Gasteiger partial charge in [0.2, 0.25) is 11.8 Å². The molecule has 5 rings (SSSR count). The van der Waals surface area contributed by atoms with Gasteiger partial charge in [-0.15, -0.1) is 13.2 Å². The molecule has 3 amide bonds. The number of carbonyl (C=O) groups excluding carboxylic acids is 3. The lowest BCUT2D eigenvalue weighted by Crippen LogP contribution is -2.56. The Morgan fingerprint density at radius 2 is 1.55 bits per heavy atom. The van der Waals surface area contributed by atoms with Gasteiger partial charge >= 0.3 is 0 Å². The Kier molecular flexibility index (Phi) is 11.0. The summed E-state index contributed by atoms with van der Waals surface area (Å²) in [7, 11) is 1.58. The van der Waals surface area contributed by atoms with Gasteiger partial charge in [0.1, 0.15) is 23.1 Å². The molecule has 3 aliphatic rings. The summed E-state index contributed by atoms with van der Waals surface area (Å²) >= 11 is 0. The molecule has 3 saturated heterocycles. The molecular formula is C37H47N3O7. The number of carbonyl (C=O) groups is 3. The van der Waals surface area contributed by atoms with Gasteiger partial charge in [0, 0.05) is 37.6 Å². The number of unbranched alkanes of at least 4 members (excludes halogenated alkanes) is 3. The van der Waals surface area contributed by atoms with E-state index in [0.717, 1.165) is 12.8 Å². The van der Waals surface area contributed by atoms with Crippen LogP contribution >= 0.6 is 0 Å². The maximum Gasteiger partial charge on any atom is 0.253 e. The van der Waals surface area contributed by atoms with Crippen LogP contribution < -0.4 is 19.3 Å². The van der Waals surface area contributed by atoms with Crippen LogP contribution in [0.1, 0.15) is 45.4 Å². The first-order valence-electron chi connectivity index (χ1n) is 16.7. The van der Waals surface area contributed by atoms with Gasteiger partial charge in [-0.2, -0.15) is 0 Å². The Labute approximate surface area is 277 Å². The zero-order valence-electron chi connectivity index (χ0n) is 27.5. The smallest absolute Gasteiger partial charge is 0.253 e. The number of aliphatic hydroxyl groups is 1. The summed E-state index contributed by atoms with van der Waals surface area (Å²) in [5, 5.41) is 9.25. The number of aliphatic hydroxyl groups excluding tert-OH is 1. The third-order valence-electron chi connectivity index (χ3n) is 9.63. The molecule has 0 aliphatic carbocycles. The Morgan fingerprint density at radius 3 is 2.13 bits per heavy atom. The summed E-state index contributed by atoms with van der Waals surface area (Å²) in [4.78, 5) is 48.7. The van der Waals surface area contributed by atoms with Crippen LogP contribution in [0.5, 0.6) is 11.5 Å².